The number of hydrogen-bond acceptors (Lipinski definition) is 3. The van der Waals surface area contributed by atoms with Gasteiger partial charge in [-0.2, -0.15) is 0 Å². The summed E-state index contributed by atoms with van der Waals surface area (Å²) in [5.74, 6) is 0.935. The van der Waals surface area contributed by atoms with Crippen LogP contribution < -0.4 is 10.1 Å². The highest BCUT2D eigenvalue weighted by atomic mass is 16.5. The minimum atomic E-state index is 0.130. The number of benzene rings is 1. The maximum absolute atomic E-state index is 5.86. The van der Waals surface area contributed by atoms with Crippen LogP contribution in [0.25, 0.3) is 0 Å². The smallest absolute Gasteiger partial charge is 0.119 e. The lowest BCUT2D eigenvalue weighted by molar-refractivity contribution is 0.126. The van der Waals surface area contributed by atoms with E-state index in [1.54, 1.807) is 0 Å². The van der Waals surface area contributed by atoms with Crippen molar-refractivity contribution in [1.82, 2.24) is 10.2 Å². The largest absolute Gasteiger partial charge is 0.492 e. The molecule has 0 aromatic heterocycles. The SMILES string of the molecule is C=CCN(CCOc1cccc(CNC)c1)C(C)(C)C. The molecular formula is C17H28N2O. The summed E-state index contributed by atoms with van der Waals surface area (Å²) in [6, 6.07) is 8.23. The highest BCUT2D eigenvalue weighted by Crippen LogP contribution is 2.15. The summed E-state index contributed by atoms with van der Waals surface area (Å²) in [5, 5.41) is 3.15. The molecule has 0 amide bonds. The van der Waals surface area contributed by atoms with Crippen molar-refractivity contribution in [1.29, 1.82) is 0 Å². The molecule has 0 aliphatic carbocycles. The van der Waals surface area contributed by atoms with Crippen LogP contribution in [0.5, 0.6) is 5.75 Å². The summed E-state index contributed by atoms with van der Waals surface area (Å²) in [6.07, 6.45) is 1.94. The topological polar surface area (TPSA) is 24.5 Å². The van der Waals surface area contributed by atoms with Crippen molar-refractivity contribution in [3.63, 3.8) is 0 Å². The minimum absolute atomic E-state index is 0.130. The summed E-state index contributed by atoms with van der Waals surface area (Å²) >= 11 is 0. The first-order chi connectivity index (χ1) is 9.47. The van der Waals surface area contributed by atoms with E-state index >= 15 is 0 Å². The zero-order chi connectivity index (χ0) is 15.0. The lowest BCUT2D eigenvalue weighted by atomic mass is 10.1. The predicted octanol–water partition coefficient (Wildman–Crippen LogP) is 3.07. The Balaban J connectivity index is 2.50. The van der Waals surface area contributed by atoms with Crippen molar-refractivity contribution >= 4 is 0 Å². The van der Waals surface area contributed by atoms with E-state index < -0.39 is 0 Å². The maximum Gasteiger partial charge on any atom is 0.119 e. The lowest BCUT2D eigenvalue weighted by Crippen LogP contribution is -2.43. The average Bonchev–Trinajstić information content (AvgIpc) is 2.37. The molecule has 0 aliphatic heterocycles. The number of hydrogen-bond donors (Lipinski definition) is 1. The van der Waals surface area contributed by atoms with Gasteiger partial charge in [0.1, 0.15) is 12.4 Å². The molecule has 0 atom stereocenters. The summed E-state index contributed by atoms with van der Waals surface area (Å²) in [5.41, 5.74) is 1.37. The number of nitrogens with one attached hydrogen (secondary N) is 1. The van der Waals surface area contributed by atoms with Crippen molar-refractivity contribution in [2.24, 2.45) is 0 Å². The third-order valence-electron chi connectivity index (χ3n) is 3.21. The molecule has 20 heavy (non-hydrogen) atoms. The van der Waals surface area contributed by atoms with Gasteiger partial charge in [-0.3, -0.25) is 4.90 Å². The fraction of sp³-hybridized carbons (Fsp3) is 0.529. The Hall–Kier alpha value is -1.32. The van der Waals surface area contributed by atoms with Crippen LogP contribution >= 0.6 is 0 Å². The summed E-state index contributed by atoms with van der Waals surface area (Å²) in [6.45, 7) is 13.8. The molecule has 0 spiro atoms. The van der Waals surface area contributed by atoms with Crippen LogP contribution in [0.2, 0.25) is 0 Å². The van der Waals surface area contributed by atoms with Gasteiger partial charge >= 0.3 is 0 Å². The fourth-order valence-corrected chi connectivity index (χ4v) is 2.08. The van der Waals surface area contributed by atoms with Gasteiger partial charge in [-0.1, -0.05) is 18.2 Å². The first kappa shape index (κ1) is 16.7. The molecule has 0 radical (unpaired) electrons. The Labute approximate surface area is 123 Å². The first-order valence-corrected chi connectivity index (χ1v) is 7.19. The zero-order valence-corrected chi connectivity index (χ0v) is 13.3. The zero-order valence-electron chi connectivity index (χ0n) is 13.3. The van der Waals surface area contributed by atoms with Crippen LogP contribution in [0.4, 0.5) is 0 Å². The van der Waals surface area contributed by atoms with Crippen LogP contribution in [0, 0.1) is 0 Å². The molecule has 3 heteroatoms. The van der Waals surface area contributed by atoms with Crippen LogP contribution in [-0.2, 0) is 6.54 Å². The molecule has 1 aromatic rings. The molecular weight excluding hydrogens is 248 g/mol. The molecule has 0 heterocycles. The van der Waals surface area contributed by atoms with Gasteiger partial charge in [-0.25, -0.2) is 0 Å². The number of nitrogens with zero attached hydrogens (tertiary/aromatic N) is 1. The Morgan fingerprint density at radius 3 is 2.70 bits per heavy atom. The second-order valence-corrected chi connectivity index (χ2v) is 5.93. The molecule has 0 saturated heterocycles. The van der Waals surface area contributed by atoms with Gasteiger partial charge in [-0.15, -0.1) is 6.58 Å². The molecule has 3 nitrogen and oxygen atoms in total. The predicted molar refractivity (Wildman–Crippen MR) is 86.2 cm³/mol. The van der Waals surface area contributed by atoms with Gasteiger partial charge in [0, 0.05) is 25.2 Å². The highest BCUT2D eigenvalue weighted by molar-refractivity contribution is 5.28. The van der Waals surface area contributed by atoms with E-state index in [-0.39, 0.29) is 5.54 Å². The van der Waals surface area contributed by atoms with Gasteiger partial charge in [-0.05, 0) is 45.5 Å². The standard InChI is InChI=1S/C17H28N2O/c1-6-10-19(17(2,3)4)11-12-20-16-9-7-8-15(13-16)14-18-5/h6-9,13,18H,1,10-12,14H2,2-5H3. The van der Waals surface area contributed by atoms with Gasteiger partial charge < -0.3 is 10.1 Å². The molecule has 112 valence electrons. The van der Waals surface area contributed by atoms with Crippen LogP contribution in [-0.4, -0.2) is 37.2 Å². The summed E-state index contributed by atoms with van der Waals surface area (Å²) in [7, 11) is 1.95. The van der Waals surface area contributed by atoms with E-state index in [0.717, 1.165) is 25.4 Å². The van der Waals surface area contributed by atoms with E-state index in [1.807, 2.05) is 25.3 Å². The Morgan fingerprint density at radius 2 is 2.10 bits per heavy atom. The van der Waals surface area contributed by atoms with Crippen molar-refractivity contribution in [3.05, 3.63) is 42.5 Å². The molecule has 0 fully saturated rings. The van der Waals surface area contributed by atoms with Crippen LogP contribution in [0.1, 0.15) is 26.3 Å². The molecule has 1 aromatic carbocycles. The van der Waals surface area contributed by atoms with Crippen LogP contribution in [0.3, 0.4) is 0 Å². The average molecular weight is 276 g/mol. The summed E-state index contributed by atoms with van der Waals surface area (Å²) < 4.78 is 5.86. The number of rotatable bonds is 8. The molecule has 0 unspecified atom stereocenters. The maximum atomic E-state index is 5.86. The second-order valence-electron chi connectivity index (χ2n) is 5.93. The normalized spacial score (nSPS) is 11.7. The molecule has 0 aliphatic rings. The van der Waals surface area contributed by atoms with E-state index in [1.165, 1.54) is 5.56 Å². The Kier molecular flexibility index (Phi) is 6.76. The van der Waals surface area contributed by atoms with E-state index in [9.17, 15) is 0 Å². The van der Waals surface area contributed by atoms with Gasteiger partial charge in [0.2, 0.25) is 0 Å². The number of ether oxygens (including phenoxy) is 1. The first-order valence-electron chi connectivity index (χ1n) is 7.19. The van der Waals surface area contributed by atoms with E-state index in [2.05, 4.69) is 49.7 Å². The monoisotopic (exact) mass is 276 g/mol. The molecule has 0 bridgehead atoms. The van der Waals surface area contributed by atoms with E-state index in [0.29, 0.717) is 6.61 Å². The Bertz CT molecular complexity index is 410. The van der Waals surface area contributed by atoms with Gasteiger partial charge in [0.15, 0.2) is 0 Å². The molecule has 1 N–H and O–H groups in total. The Morgan fingerprint density at radius 1 is 1.35 bits per heavy atom. The minimum Gasteiger partial charge on any atom is -0.492 e. The lowest BCUT2D eigenvalue weighted by Gasteiger charge is -2.34. The van der Waals surface area contributed by atoms with Gasteiger partial charge in [0.05, 0.1) is 0 Å². The van der Waals surface area contributed by atoms with Crippen molar-refractivity contribution in [2.45, 2.75) is 32.9 Å². The molecule has 1 rings (SSSR count). The second kappa shape index (κ2) is 8.08. The highest BCUT2D eigenvalue weighted by Gasteiger charge is 2.19. The third kappa shape index (κ3) is 5.76. The van der Waals surface area contributed by atoms with Crippen molar-refractivity contribution in [3.8, 4) is 5.75 Å². The summed E-state index contributed by atoms with van der Waals surface area (Å²) in [4.78, 5) is 2.36. The fourth-order valence-electron chi connectivity index (χ4n) is 2.08. The van der Waals surface area contributed by atoms with Crippen LogP contribution in [0.15, 0.2) is 36.9 Å². The van der Waals surface area contributed by atoms with Crippen molar-refractivity contribution in [2.75, 3.05) is 26.7 Å². The van der Waals surface area contributed by atoms with Gasteiger partial charge in [0.25, 0.3) is 0 Å². The third-order valence-corrected chi connectivity index (χ3v) is 3.21. The quantitative estimate of drug-likeness (QED) is 0.739. The van der Waals surface area contributed by atoms with Crippen molar-refractivity contribution < 1.29 is 4.74 Å². The van der Waals surface area contributed by atoms with E-state index in [4.69, 9.17) is 4.74 Å². The molecule has 0 saturated carbocycles.